The number of rotatable bonds is 7. The maximum atomic E-state index is 12.4. The molecule has 0 radical (unpaired) electrons. The van der Waals surface area contributed by atoms with Crippen molar-refractivity contribution >= 4 is 23.4 Å². The molecule has 1 saturated carbocycles. The van der Waals surface area contributed by atoms with Gasteiger partial charge in [-0.2, -0.15) is 0 Å². The number of hydrogen-bond donors (Lipinski definition) is 1. The van der Waals surface area contributed by atoms with Crippen molar-refractivity contribution in [2.24, 2.45) is 0 Å². The highest BCUT2D eigenvalue weighted by atomic mass is 32.2. The molecular formula is C17H22N4O2S. The lowest BCUT2D eigenvalue weighted by Gasteiger charge is -2.13. The van der Waals surface area contributed by atoms with Crippen molar-refractivity contribution in [1.29, 1.82) is 0 Å². The summed E-state index contributed by atoms with van der Waals surface area (Å²) in [6.07, 6.45) is 2.33. The fourth-order valence-corrected chi connectivity index (χ4v) is 3.40. The van der Waals surface area contributed by atoms with E-state index < -0.39 is 0 Å². The highest BCUT2D eigenvalue weighted by molar-refractivity contribution is 8.00. The predicted octanol–water partition coefficient (Wildman–Crippen LogP) is 3.44. The topological polar surface area (TPSA) is 69.0 Å². The van der Waals surface area contributed by atoms with Crippen LogP contribution in [0.15, 0.2) is 29.4 Å². The molecule has 1 N–H and O–H groups in total. The molecule has 0 bridgehead atoms. The number of hydrogen-bond acceptors (Lipinski definition) is 5. The van der Waals surface area contributed by atoms with Crippen LogP contribution < -0.4 is 10.1 Å². The van der Waals surface area contributed by atoms with Crippen molar-refractivity contribution in [3.8, 4) is 5.75 Å². The minimum Gasteiger partial charge on any atom is -0.494 e. The summed E-state index contributed by atoms with van der Waals surface area (Å²) in [6.45, 7) is 6.41. The van der Waals surface area contributed by atoms with E-state index in [0.717, 1.165) is 22.4 Å². The molecule has 128 valence electrons. The smallest absolute Gasteiger partial charge is 0.237 e. The molecule has 1 fully saturated rings. The molecule has 1 aromatic carbocycles. The van der Waals surface area contributed by atoms with Crippen molar-refractivity contribution in [2.45, 2.75) is 50.1 Å². The third-order valence-electron chi connectivity index (χ3n) is 3.83. The summed E-state index contributed by atoms with van der Waals surface area (Å²) < 4.78 is 7.55. The van der Waals surface area contributed by atoms with E-state index in [2.05, 4.69) is 20.1 Å². The normalized spacial score (nSPS) is 15.1. The Kier molecular flexibility index (Phi) is 5.08. The zero-order chi connectivity index (χ0) is 17.1. The molecule has 1 heterocycles. The highest BCUT2D eigenvalue weighted by Gasteiger charge is 2.29. The van der Waals surface area contributed by atoms with Crippen LogP contribution in [-0.4, -0.2) is 32.5 Å². The van der Waals surface area contributed by atoms with Crippen molar-refractivity contribution in [3.63, 3.8) is 0 Å². The number of thioether (sulfide) groups is 1. The first-order valence-corrected chi connectivity index (χ1v) is 9.08. The van der Waals surface area contributed by atoms with Crippen molar-refractivity contribution in [2.75, 3.05) is 11.9 Å². The average molecular weight is 346 g/mol. The Labute approximate surface area is 146 Å². The van der Waals surface area contributed by atoms with E-state index in [4.69, 9.17) is 4.74 Å². The van der Waals surface area contributed by atoms with Crippen molar-refractivity contribution in [1.82, 2.24) is 14.8 Å². The number of nitrogens with one attached hydrogen (secondary N) is 1. The monoisotopic (exact) mass is 346 g/mol. The lowest BCUT2D eigenvalue weighted by molar-refractivity contribution is -0.115. The molecular weight excluding hydrogens is 324 g/mol. The third kappa shape index (κ3) is 3.90. The third-order valence-corrected chi connectivity index (χ3v) is 4.89. The Bertz CT molecular complexity index is 710. The van der Waals surface area contributed by atoms with Gasteiger partial charge < -0.3 is 14.6 Å². The first kappa shape index (κ1) is 16.8. The molecule has 1 aliphatic carbocycles. The quantitative estimate of drug-likeness (QED) is 0.778. The van der Waals surface area contributed by atoms with Gasteiger partial charge in [-0.25, -0.2) is 0 Å². The Morgan fingerprint density at radius 2 is 2.08 bits per heavy atom. The SMILES string of the molecule is CCOc1ccc(NC(=O)[C@@H](C)Sc2nnc(C)n2C2CC2)cc1. The minimum absolute atomic E-state index is 0.0489. The van der Waals surface area contributed by atoms with Gasteiger partial charge in [-0.05, 0) is 57.9 Å². The van der Waals surface area contributed by atoms with Crippen LogP contribution in [0.5, 0.6) is 5.75 Å². The van der Waals surface area contributed by atoms with Gasteiger partial charge in [0.2, 0.25) is 5.91 Å². The van der Waals surface area contributed by atoms with Gasteiger partial charge in [0, 0.05) is 11.7 Å². The first-order chi connectivity index (χ1) is 11.6. The van der Waals surface area contributed by atoms with Crippen LogP contribution in [0.4, 0.5) is 5.69 Å². The van der Waals surface area contributed by atoms with E-state index in [1.165, 1.54) is 24.6 Å². The molecule has 2 aromatic rings. The number of ether oxygens (including phenoxy) is 1. The highest BCUT2D eigenvalue weighted by Crippen LogP contribution is 2.39. The van der Waals surface area contributed by atoms with Gasteiger partial charge in [-0.1, -0.05) is 11.8 Å². The van der Waals surface area contributed by atoms with Gasteiger partial charge in [-0.15, -0.1) is 10.2 Å². The summed E-state index contributed by atoms with van der Waals surface area (Å²) in [5.41, 5.74) is 0.760. The van der Waals surface area contributed by atoms with E-state index in [0.29, 0.717) is 12.6 Å². The molecule has 1 atom stereocenters. The number of amides is 1. The maximum Gasteiger partial charge on any atom is 0.237 e. The molecule has 0 aliphatic heterocycles. The van der Waals surface area contributed by atoms with Crippen LogP contribution >= 0.6 is 11.8 Å². The van der Waals surface area contributed by atoms with E-state index in [1.807, 2.05) is 45.0 Å². The molecule has 0 unspecified atom stereocenters. The van der Waals surface area contributed by atoms with Gasteiger partial charge in [-0.3, -0.25) is 4.79 Å². The van der Waals surface area contributed by atoms with Crippen LogP contribution in [0.25, 0.3) is 0 Å². The van der Waals surface area contributed by atoms with Gasteiger partial charge >= 0.3 is 0 Å². The number of benzene rings is 1. The summed E-state index contributed by atoms with van der Waals surface area (Å²) in [7, 11) is 0. The number of carbonyl (C=O) groups excluding carboxylic acids is 1. The molecule has 0 saturated heterocycles. The van der Waals surface area contributed by atoms with E-state index in [-0.39, 0.29) is 11.2 Å². The molecule has 1 aliphatic rings. The molecule has 0 spiro atoms. The van der Waals surface area contributed by atoms with Crippen molar-refractivity contribution in [3.05, 3.63) is 30.1 Å². The van der Waals surface area contributed by atoms with Gasteiger partial charge in [0.1, 0.15) is 11.6 Å². The molecule has 6 nitrogen and oxygen atoms in total. The summed E-state index contributed by atoms with van der Waals surface area (Å²) in [5.74, 6) is 1.66. The van der Waals surface area contributed by atoms with E-state index in [1.54, 1.807) is 0 Å². The number of nitrogens with zero attached hydrogens (tertiary/aromatic N) is 3. The molecule has 1 amide bonds. The second kappa shape index (κ2) is 7.25. The maximum absolute atomic E-state index is 12.4. The second-order valence-corrected chi connectivity index (χ2v) is 7.15. The lowest BCUT2D eigenvalue weighted by atomic mass is 10.3. The Hall–Kier alpha value is -2.02. The minimum atomic E-state index is -0.252. The molecule has 24 heavy (non-hydrogen) atoms. The Balaban J connectivity index is 1.60. The standard InChI is InChI=1S/C17H22N4O2S/c1-4-23-15-9-5-13(6-10-15)18-16(22)11(2)24-17-20-19-12(3)21(17)14-7-8-14/h5-6,9-11,14H,4,7-8H2,1-3H3,(H,18,22)/t11-/m1/s1. The number of aryl methyl sites for hydroxylation is 1. The first-order valence-electron chi connectivity index (χ1n) is 8.20. The largest absolute Gasteiger partial charge is 0.494 e. The van der Waals surface area contributed by atoms with Gasteiger partial charge in [0.25, 0.3) is 0 Å². The average Bonchev–Trinajstić information content (AvgIpc) is 3.33. The Morgan fingerprint density at radius 1 is 1.38 bits per heavy atom. The number of carbonyl (C=O) groups is 1. The summed E-state index contributed by atoms with van der Waals surface area (Å²) >= 11 is 1.45. The van der Waals surface area contributed by atoms with Crippen LogP contribution in [-0.2, 0) is 4.79 Å². The van der Waals surface area contributed by atoms with Crippen LogP contribution in [0.1, 0.15) is 38.6 Å². The summed E-state index contributed by atoms with van der Waals surface area (Å²) in [5, 5.41) is 11.9. The van der Waals surface area contributed by atoms with Gasteiger partial charge in [0.15, 0.2) is 5.16 Å². The predicted molar refractivity (Wildman–Crippen MR) is 94.6 cm³/mol. The number of anilines is 1. The van der Waals surface area contributed by atoms with Crippen LogP contribution in [0.2, 0.25) is 0 Å². The zero-order valence-electron chi connectivity index (χ0n) is 14.2. The van der Waals surface area contributed by atoms with Crippen LogP contribution in [0.3, 0.4) is 0 Å². The van der Waals surface area contributed by atoms with Gasteiger partial charge in [0.05, 0.1) is 11.9 Å². The molecule has 1 aromatic heterocycles. The van der Waals surface area contributed by atoms with E-state index in [9.17, 15) is 4.79 Å². The fraction of sp³-hybridized carbons (Fsp3) is 0.471. The molecule has 3 rings (SSSR count). The van der Waals surface area contributed by atoms with E-state index >= 15 is 0 Å². The number of aromatic nitrogens is 3. The second-order valence-electron chi connectivity index (χ2n) is 5.84. The summed E-state index contributed by atoms with van der Waals surface area (Å²) in [6, 6.07) is 7.89. The fourth-order valence-electron chi connectivity index (χ4n) is 2.44. The molecule has 7 heteroatoms. The zero-order valence-corrected chi connectivity index (χ0v) is 15.0. The summed E-state index contributed by atoms with van der Waals surface area (Å²) in [4.78, 5) is 12.4. The van der Waals surface area contributed by atoms with Crippen LogP contribution in [0, 0.1) is 6.92 Å². The van der Waals surface area contributed by atoms with Crippen molar-refractivity contribution < 1.29 is 9.53 Å². The lowest BCUT2D eigenvalue weighted by Crippen LogP contribution is -2.22. The Morgan fingerprint density at radius 3 is 2.71 bits per heavy atom.